The number of rotatable bonds is 4. The molecule has 0 aromatic heterocycles. The van der Waals surface area contributed by atoms with Gasteiger partial charge in [-0.05, 0) is 43.9 Å². The molecule has 0 amide bonds. The molecule has 3 N–H and O–H groups in total. The van der Waals surface area contributed by atoms with Gasteiger partial charge in [-0.15, -0.1) is 0 Å². The molecule has 1 fully saturated rings. The summed E-state index contributed by atoms with van der Waals surface area (Å²) in [5, 5.41) is 0. The molecule has 0 spiro atoms. The molecule has 6 heteroatoms. The van der Waals surface area contributed by atoms with Gasteiger partial charge in [0, 0.05) is 6.04 Å². The molecule has 1 saturated carbocycles. The Hall–Kier alpha value is -1.14. The number of hydrogen-bond acceptors (Lipinski definition) is 3. The van der Waals surface area contributed by atoms with Crippen LogP contribution in [0.25, 0.3) is 0 Å². The van der Waals surface area contributed by atoms with Gasteiger partial charge in [0.1, 0.15) is 5.82 Å². The first-order valence-corrected chi connectivity index (χ1v) is 7.96. The average Bonchev–Trinajstić information content (AvgIpc) is 2.85. The van der Waals surface area contributed by atoms with Gasteiger partial charge >= 0.3 is 0 Å². The third-order valence-corrected chi connectivity index (χ3v) is 5.29. The van der Waals surface area contributed by atoms with E-state index >= 15 is 0 Å². The van der Waals surface area contributed by atoms with Crippen molar-refractivity contribution >= 4 is 15.7 Å². The highest BCUT2D eigenvalue weighted by Crippen LogP contribution is 2.28. The molecule has 2 rings (SSSR count). The number of hydrogen-bond donors (Lipinski definition) is 2. The van der Waals surface area contributed by atoms with Gasteiger partial charge in [-0.2, -0.15) is 0 Å². The highest BCUT2D eigenvalue weighted by atomic mass is 32.2. The standard InChI is InChI=1S/C13H19FN2O2S/c1-9(10-4-2-3-5-10)16-19(17,18)11-6-7-13(15)12(14)8-11/h6-10,16H,2-5,15H2,1H3. The van der Waals surface area contributed by atoms with Gasteiger partial charge in [0.25, 0.3) is 0 Å². The van der Waals surface area contributed by atoms with E-state index in [4.69, 9.17) is 5.73 Å². The summed E-state index contributed by atoms with van der Waals surface area (Å²) < 4.78 is 40.2. The van der Waals surface area contributed by atoms with Crippen LogP contribution in [0.3, 0.4) is 0 Å². The molecular formula is C13H19FN2O2S. The molecule has 19 heavy (non-hydrogen) atoms. The highest BCUT2D eigenvalue weighted by Gasteiger charge is 2.26. The molecular weight excluding hydrogens is 267 g/mol. The molecule has 1 aromatic rings. The van der Waals surface area contributed by atoms with Crippen LogP contribution < -0.4 is 10.5 Å². The van der Waals surface area contributed by atoms with Gasteiger partial charge in [-0.1, -0.05) is 12.8 Å². The Morgan fingerprint density at radius 2 is 2.00 bits per heavy atom. The number of nitrogens with one attached hydrogen (secondary N) is 1. The maximum atomic E-state index is 13.3. The summed E-state index contributed by atoms with van der Waals surface area (Å²) in [5.41, 5.74) is 5.29. The number of nitrogen functional groups attached to an aromatic ring is 1. The molecule has 0 heterocycles. The van der Waals surface area contributed by atoms with Crippen LogP contribution >= 0.6 is 0 Å². The summed E-state index contributed by atoms with van der Waals surface area (Å²) in [6.07, 6.45) is 4.38. The van der Waals surface area contributed by atoms with E-state index in [0.717, 1.165) is 31.7 Å². The second kappa shape index (κ2) is 5.46. The van der Waals surface area contributed by atoms with Crippen molar-refractivity contribution in [1.29, 1.82) is 0 Å². The van der Waals surface area contributed by atoms with Crippen LogP contribution in [0.1, 0.15) is 32.6 Å². The molecule has 0 radical (unpaired) electrons. The van der Waals surface area contributed by atoms with Crippen LogP contribution in [0.15, 0.2) is 23.1 Å². The van der Waals surface area contributed by atoms with E-state index in [9.17, 15) is 12.8 Å². The minimum absolute atomic E-state index is 0.0530. The summed E-state index contributed by atoms with van der Waals surface area (Å²) in [4.78, 5) is -0.0796. The summed E-state index contributed by atoms with van der Waals surface area (Å²) in [7, 11) is -3.68. The van der Waals surface area contributed by atoms with Crippen LogP contribution in [0, 0.1) is 11.7 Å². The first kappa shape index (κ1) is 14.3. The first-order valence-electron chi connectivity index (χ1n) is 6.47. The normalized spacial score (nSPS) is 18.6. The molecule has 106 valence electrons. The molecule has 1 aliphatic rings. The van der Waals surface area contributed by atoms with Crippen molar-refractivity contribution in [2.24, 2.45) is 5.92 Å². The molecule has 4 nitrogen and oxygen atoms in total. The largest absolute Gasteiger partial charge is 0.396 e. The Balaban J connectivity index is 2.15. The van der Waals surface area contributed by atoms with E-state index < -0.39 is 15.8 Å². The Morgan fingerprint density at radius 3 is 2.58 bits per heavy atom. The van der Waals surface area contributed by atoms with Gasteiger partial charge in [0.2, 0.25) is 10.0 Å². The third-order valence-electron chi connectivity index (χ3n) is 3.73. The molecule has 0 saturated heterocycles. The van der Waals surface area contributed by atoms with Crippen LogP contribution in [0.5, 0.6) is 0 Å². The number of anilines is 1. The van der Waals surface area contributed by atoms with Crippen molar-refractivity contribution in [3.8, 4) is 0 Å². The van der Waals surface area contributed by atoms with Gasteiger partial charge in [0.05, 0.1) is 10.6 Å². The van der Waals surface area contributed by atoms with Gasteiger partial charge in [-0.25, -0.2) is 17.5 Å². The summed E-state index contributed by atoms with van der Waals surface area (Å²) >= 11 is 0. The van der Waals surface area contributed by atoms with E-state index in [0.29, 0.717) is 5.92 Å². The predicted molar refractivity (Wildman–Crippen MR) is 72.6 cm³/mol. The fourth-order valence-electron chi connectivity index (χ4n) is 2.54. The first-order chi connectivity index (χ1) is 8.90. The summed E-state index contributed by atoms with van der Waals surface area (Å²) in [5.74, 6) is -0.343. The molecule has 1 unspecified atom stereocenters. The smallest absolute Gasteiger partial charge is 0.240 e. The van der Waals surface area contributed by atoms with E-state index in [2.05, 4.69) is 4.72 Å². The van der Waals surface area contributed by atoms with Crippen LogP contribution in [0.2, 0.25) is 0 Å². The molecule has 1 aromatic carbocycles. The molecule has 1 atom stereocenters. The van der Waals surface area contributed by atoms with Crippen LogP contribution in [-0.2, 0) is 10.0 Å². The lowest BCUT2D eigenvalue weighted by molar-refractivity contribution is 0.424. The van der Waals surface area contributed by atoms with Crippen molar-refractivity contribution in [2.75, 3.05) is 5.73 Å². The minimum Gasteiger partial charge on any atom is -0.396 e. The number of sulfonamides is 1. The Bertz CT molecular complexity index is 554. The van der Waals surface area contributed by atoms with E-state index in [1.807, 2.05) is 6.92 Å². The number of benzene rings is 1. The van der Waals surface area contributed by atoms with Crippen molar-refractivity contribution in [3.05, 3.63) is 24.0 Å². The molecule has 1 aliphatic carbocycles. The SMILES string of the molecule is CC(NS(=O)(=O)c1ccc(N)c(F)c1)C1CCCC1. The van der Waals surface area contributed by atoms with Crippen molar-refractivity contribution in [1.82, 2.24) is 4.72 Å². The van der Waals surface area contributed by atoms with Gasteiger partial charge < -0.3 is 5.73 Å². The van der Waals surface area contributed by atoms with Crippen molar-refractivity contribution < 1.29 is 12.8 Å². The predicted octanol–water partition coefficient (Wildman–Crippen LogP) is 2.26. The zero-order valence-electron chi connectivity index (χ0n) is 10.9. The third kappa shape index (κ3) is 3.25. The monoisotopic (exact) mass is 286 g/mol. The summed E-state index contributed by atoms with van der Waals surface area (Å²) in [6.45, 7) is 1.86. The van der Waals surface area contributed by atoms with Gasteiger partial charge in [0.15, 0.2) is 0 Å². The Morgan fingerprint density at radius 1 is 1.37 bits per heavy atom. The van der Waals surface area contributed by atoms with E-state index in [1.165, 1.54) is 12.1 Å². The van der Waals surface area contributed by atoms with Crippen LogP contribution in [0.4, 0.5) is 10.1 Å². The second-order valence-electron chi connectivity index (χ2n) is 5.14. The second-order valence-corrected chi connectivity index (χ2v) is 6.85. The Labute approximate surface area is 113 Å². The number of nitrogens with two attached hydrogens (primary N) is 1. The molecule has 0 aliphatic heterocycles. The molecule has 0 bridgehead atoms. The lowest BCUT2D eigenvalue weighted by Gasteiger charge is -2.20. The zero-order valence-corrected chi connectivity index (χ0v) is 11.7. The van der Waals surface area contributed by atoms with Crippen molar-refractivity contribution in [2.45, 2.75) is 43.5 Å². The fraction of sp³-hybridized carbons (Fsp3) is 0.538. The average molecular weight is 286 g/mol. The maximum absolute atomic E-state index is 13.3. The Kier molecular flexibility index (Phi) is 4.10. The minimum atomic E-state index is -3.68. The zero-order chi connectivity index (χ0) is 14.0. The maximum Gasteiger partial charge on any atom is 0.240 e. The lowest BCUT2D eigenvalue weighted by Crippen LogP contribution is -2.37. The topological polar surface area (TPSA) is 72.2 Å². The van der Waals surface area contributed by atoms with Crippen LogP contribution in [-0.4, -0.2) is 14.5 Å². The quantitative estimate of drug-likeness (QED) is 0.834. The lowest BCUT2D eigenvalue weighted by atomic mass is 10.0. The van der Waals surface area contributed by atoms with E-state index in [1.54, 1.807) is 0 Å². The highest BCUT2D eigenvalue weighted by molar-refractivity contribution is 7.89. The summed E-state index contributed by atoms with van der Waals surface area (Å²) in [6, 6.07) is 3.42. The van der Waals surface area contributed by atoms with E-state index in [-0.39, 0.29) is 16.6 Å². The van der Waals surface area contributed by atoms with Crippen molar-refractivity contribution in [3.63, 3.8) is 0 Å². The number of halogens is 1. The van der Waals surface area contributed by atoms with Gasteiger partial charge in [-0.3, -0.25) is 0 Å². The fourth-order valence-corrected chi connectivity index (χ4v) is 3.87.